The van der Waals surface area contributed by atoms with Gasteiger partial charge in [0.15, 0.2) is 5.82 Å². The van der Waals surface area contributed by atoms with E-state index in [-0.39, 0.29) is 6.04 Å². The summed E-state index contributed by atoms with van der Waals surface area (Å²) >= 11 is 0. The molecule has 0 aliphatic carbocycles. The summed E-state index contributed by atoms with van der Waals surface area (Å²) in [5.41, 5.74) is 8.07. The fraction of sp³-hybridized carbons (Fsp3) is 0.571. The van der Waals surface area contributed by atoms with Crippen LogP contribution < -0.4 is 10.6 Å². The minimum atomic E-state index is -0.0421. The molecule has 0 radical (unpaired) electrons. The number of nitrogens with zero attached hydrogens (tertiary/aromatic N) is 4. The molecular formula is C14H23N5O. The van der Waals surface area contributed by atoms with Gasteiger partial charge in [0, 0.05) is 39.1 Å². The van der Waals surface area contributed by atoms with Gasteiger partial charge in [0.05, 0.1) is 12.3 Å². The molecule has 0 fully saturated rings. The van der Waals surface area contributed by atoms with Crippen molar-refractivity contribution in [1.29, 1.82) is 0 Å². The third-order valence-corrected chi connectivity index (χ3v) is 3.23. The van der Waals surface area contributed by atoms with Crippen molar-refractivity contribution >= 4 is 11.3 Å². The van der Waals surface area contributed by atoms with Gasteiger partial charge in [-0.05, 0) is 12.0 Å². The molecule has 2 heterocycles. The number of nitrogens with two attached hydrogens (primary N) is 1. The number of anilines is 1. The molecule has 6 heteroatoms. The summed E-state index contributed by atoms with van der Waals surface area (Å²) in [6.45, 7) is 5.48. The van der Waals surface area contributed by atoms with E-state index in [4.69, 9.17) is 10.5 Å². The highest BCUT2D eigenvalue weighted by molar-refractivity contribution is 5.69. The molecule has 20 heavy (non-hydrogen) atoms. The molecule has 0 aromatic carbocycles. The van der Waals surface area contributed by atoms with Gasteiger partial charge in [-0.15, -0.1) is 0 Å². The first kappa shape index (κ1) is 14.7. The summed E-state index contributed by atoms with van der Waals surface area (Å²) in [6, 6.07) is 2.05. The van der Waals surface area contributed by atoms with E-state index in [0.717, 1.165) is 17.0 Å². The summed E-state index contributed by atoms with van der Waals surface area (Å²) in [4.78, 5) is 6.51. The summed E-state index contributed by atoms with van der Waals surface area (Å²) in [5, 5.41) is 4.56. The van der Waals surface area contributed by atoms with Gasteiger partial charge in [-0.3, -0.25) is 0 Å². The number of aromatic nitrogens is 3. The molecule has 0 bridgehead atoms. The average molecular weight is 277 g/mol. The standard InChI is InChI=1S/C14H23N5O/c1-10(2)12-7-13-14(16-5-6-19(13)17-12)18(3)8-11(15)9-20-4/h5-7,10-11H,8-9,15H2,1-4H3. The van der Waals surface area contributed by atoms with Crippen molar-refractivity contribution in [2.45, 2.75) is 25.8 Å². The van der Waals surface area contributed by atoms with Gasteiger partial charge in [0.2, 0.25) is 0 Å². The van der Waals surface area contributed by atoms with Crippen LogP contribution in [0.15, 0.2) is 18.5 Å². The van der Waals surface area contributed by atoms with Gasteiger partial charge in [-0.25, -0.2) is 9.50 Å². The van der Waals surface area contributed by atoms with E-state index in [1.807, 2.05) is 22.7 Å². The highest BCUT2D eigenvalue weighted by Gasteiger charge is 2.14. The minimum Gasteiger partial charge on any atom is -0.383 e. The number of ether oxygens (including phenoxy) is 1. The lowest BCUT2D eigenvalue weighted by molar-refractivity contribution is 0.181. The Morgan fingerprint density at radius 2 is 2.20 bits per heavy atom. The third-order valence-electron chi connectivity index (χ3n) is 3.23. The molecule has 110 valence electrons. The molecule has 2 N–H and O–H groups in total. The topological polar surface area (TPSA) is 68.7 Å². The summed E-state index contributed by atoms with van der Waals surface area (Å²) in [5.74, 6) is 1.28. The Morgan fingerprint density at radius 1 is 1.45 bits per heavy atom. The second kappa shape index (κ2) is 6.19. The van der Waals surface area contributed by atoms with E-state index in [2.05, 4.69) is 30.0 Å². The van der Waals surface area contributed by atoms with Crippen LogP contribution in [0.4, 0.5) is 5.82 Å². The molecule has 0 saturated carbocycles. The van der Waals surface area contributed by atoms with E-state index in [9.17, 15) is 0 Å². The quantitative estimate of drug-likeness (QED) is 0.861. The van der Waals surface area contributed by atoms with Crippen LogP contribution in [0.5, 0.6) is 0 Å². The van der Waals surface area contributed by atoms with Crippen LogP contribution in [0.3, 0.4) is 0 Å². The second-order valence-electron chi connectivity index (χ2n) is 5.40. The van der Waals surface area contributed by atoms with Crippen LogP contribution in [0.2, 0.25) is 0 Å². The van der Waals surface area contributed by atoms with Crippen molar-refractivity contribution in [3.05, 3.63) is 24.2 Å². The lowest BCUT2D eigenvalue weighted by Gasteiger charge is -2.22. The molecule has 0 aliphatic heterocycles. The molecule has 1 atom stereocenters. The van der Waals surface area contributed by atoms with Crippen molar-refractivity contribution < 1.29 is 4.74 Å². The first-order valence-corrected chi connectivity index (χ1v) is 6.83. The Labute approximate surface area is 119 Å². The number of hydrogen-bond donors (Lipinski definition) is 1. The molecule has 6 nitrogen and oxygen atoms in total. The second-order valence-corrected chi connectivity index (χ2v) is 5.40. The maximum absolute atomic E-state index is 6.00. The number of rotatable bonds is 6. The van der Waals surface area contributed by atoms with Crippen LogP contribution in [0.25, 0.3) is 5.52 Å². The van der Waals surface area contributed by atoms with Crippen LogP contribution in [-0.4, -0.2) is 47.9 Å². The van der Waals surface area contributed by atoms with Crippen LogP contribution >= 0.6 is 0 Å². The monoisotopic (exact) mass is 277 g/mol. The summed E-state index contributed by atoms with van der Waals surface area (Å²) in [7, 11) is 3.64. The van der Waals surface area contributed by atoms with E-state index >= 15 is 0 Å². The van der Waals surface area contributed by atoms with E-state index in [0.29, 0.717) is 19.1 Å². The molecule has 2 aromatic rings. The highest BCUT2D eigenvalue weighted by Crippen LogP contribution is 2.22. The van der Waals surface area contributed by atoms with Gasteiger partial charge < -0.3 is 15.4 Å². The zero-order chi connectivity index (χ0) is 14.7. The number of likely N-dealkylation sites (N-methyl/N-ethyl adjacent to an activating group) is 1. The Kier molecular flexibility index (Phi) is 4.57. The summed E-state index contributed by atoms with van der Waals surface area (Å²) in [6.07, 6.45) is 3.63. The smallest absolute Gasteiger partial charge is 0.154 e. The Balaban J connectivity index is 2.29. The van der Waals surface area contributed by atoms with Gasteiger partial charge in [0.1, 0.15) is 5.52 Å². The van der Waals surface area contributed by atoms with E-state index in [1.165, 1.54) is 0 Å². The Hall–Kier alpha value is -1.66. The highest BCUT2D eigenvalue weighted by atomic mass is 16.5. The van der Waals surface area contributed by atoms with Gasteiger partial charge in [-0.1, -0.05) is 13.8 Å². The predicted octanol–water partition coefficient (Wildman–Crippen LogP) is 1.26. The zero-order valence-corrected chi connectivity index (χ0v) is 12.6. The normalized spacial score (nSPS) is 13.1. The van der Waals surface area contributed by atoms with E-state index < -0.39 is 0 Å². The molecule has 0 aliphatic rings. The van der Waals surface area contributed by atoms with Gasteiger partial charge >= 0.3 is 0 Å². The van der Waals surface area contributed by atoms with Crippen LogP contribution in [-0.2, 0) is 4.74 Å². The molecule has 1 unspecified atom stereocenters. The minimum absolute atomic E-state index is 0.0421. The predicted molar refractivity (Wildman–Crippen MR) is 80.2 cm³/mol. The van der Waals surface area contributed by atoms with Crippen LogP contribution in [0, 0.1) is 0 Å². The number of hydrogen-bond acceptors (Lipinski definition) is 5. The molecule has 0 amide bonds. The zero-order valence-electron chi connectivity index (χ0n) is 12.6. The Bertz CT molecular complexity index is 566. The van der Waals surface area contributed by atoms with Crippen molar-refractivity contribution in [3.8, 4) is 0 Å². The van der Waals surface area contributed by atoms with Gasteiger partial charge in [0.25, 0.3) is 0 Å². The van der Waals surface area contributed by atoms with Gasteiger partial charge in [-0.2, -0.15) is 5.10 Å². The molecule has 0 spiro atoms. The Morgan fingerprint density at radius 3 is 2.85 bits per heavy atom. The largest absolute Gasteiger partial charge is 0.383 e. The van der Waals surface area contributed by atoms with Crippen molar-refractivity contribution in [1.82, 2.24) is 14.6 Å². The first-order chi connectivity index (χ1) is 9.52. The SMILES string of the molecule is COCC(N)CN(C)c1nccn2nc(C(C)C)cc12. The third kappa shape index (κ3) is 3.08. The maximum atomic E-state index is 6.00. The lowest BCUT2D eigenvalue weighted by Crippen LogP contribution is -2.38. The van der Waals surface area contributed by atoms with Crippen molar-refractivity contribution in [2.24, 2.45) is 5.73 Å². The number of methoxy groups -OCH3 is 1. The lowest BCUT2D eigenvalue weighted by atomic mass is 10.1. The fourth-order valence-corrected chi connectivity index (χ4v) is 2.21. The van der Waals surface area contributed by atoms with E-state index in [1.54, 1.807) is 13.3 Å². The molecule has 0 saturated heterocycles. The van der Waals surface area contributed by atoms with Crippen molar-refractivity contribution in [3.63, 3.8) is 0 Å². The average Bonchev–Trinajstić information content (AvgIpc) is 2.82. The summed E-state index contributed by atoms with van der Waals surface area (Å²) < 4.78 is 6.94. The maximum Gasteiger partial charge on any atom is 0.154 e. The number of fused-ring (bicyclic) bond motifs is 1. The molecule has 2 rings (SSSR count). The van der Waals surface area contributed by atoms with Crippen molar-refractivity contribution in [2.75, 3.05) is 32.2 Å². The first-order valence-electron chi connectivity index (χ1n) is 6.83. The fourth-order valence-electron chi connectivity index (χ4n) is 2.21. The van der Waals surface area contributed by atoms with Crippen LogP contribution in [0.1, 0.15) is 25.5 Å². The molecule has 2 aromatic heterocycles. The molecular weight excluding hydrogens is 254 g/mol.